The Balaban J connectivity index is 2.42. The highest BCUT2D eigenvalue weighted by atomic mass is 16.6. The first-order valence-corrected chi connectivity index (χ1v) is 4.77. The predicted octanol–water partition coefficient (Wildman–Crippen LogP) is -0.845. The molecule has 0 aromatic rings. The van der Waals surface area contributed by atoms with Gasteiger partial charge in [0.1, 0.15) is 0 Å². The SMILES string of the molecule is CC[C@H]1C(=O)N[C@@]2(CN)C(=O)O[C@@]12C. The van der Waals surface area contributed by atoms with Gasteiger partial charge in [-0.05, 0) is 13.3 Å². The third kappa shape index (κ3) is 0.706. The molecule has 0 aromatic heterocycles. The average molecular weight is 198 g/mol. The molecule has 2 aliphatic heterocycles. The van der Waals surface area contributed by atoms with Crippen LogP contribution in [0.2, 0.25) is 0 Å². The van der Waals surface area contributed by atoms with Crippen LogP contribution in [0.4, 0.5) is 0 Å². The molecule has 0 saturated carbocycles. The van der Waals surface area contributed by atoms with Gasteiger partial charge in [0.2, 0.25) is 5.91 Å². The summed E-state index contributed by atoms with van der Waals surface area (Å²) in [6, 6.07) is 0. The van der Waals surface area contributed by atoms with Gasteiger partial charge in [-0.2, -0.15) is 0 Å². The van der Waals surface area contributed by atoms with E-state index in [-0.39, 0.29) is 18.4 Å². The van der Waals surface area contributed by atoms with Crippen LogP contribution in [-0.2, 0) is 14.3 Å². The fourth-order valence-electron chi connectivity index (χ4n) is 2.53. The fourth-order valence-corrected chi connectivity index (χ4v) is 2.53. The summed E-state index contributed by atoms with van der Waals surface area (Å²) in [5.41, 5.74) is 3.84. The van der Waals surface area contributed by atoms with Crippen LogP contribution in [-0.4, -0.2) is 29.6 Å². The van der Waals surface area contributed by atoms with E-state index in [1.165, 1.54) is 0 Å². The van der Waals surface area contributed by atoms with Crippen molar-refractivity contribution >= 4 is 11.9 Å². The molecule has 3 N–H and O–H groups in total. The van der Waals surface area contributed by atoms with Crippen molar-refractivity contribution in [3.05, 3.63) is 0 Å². The highest BCUT2D eigenvalue weighted by molar-refractivity contribution is 6.01. The number of hydrogen-bond donors (Lipinski definition) is 2. The third-order valence-corrected chi connectivity index (χ3v) is 3.53. The van der Waals surface area contributed by atoms with Crippen molar-refractivity contribution in [1.82, 2.24) is 5.32 Å². The first kappa shape index (κ1) is 9.45. The number of esters is 1. The standard InChI is InChI=1S/C9H14N2O3/c1-3-5-6(12)11-9(4-10)7(13)14-8(5,9)2/h5H,3-4,10H2,1-2H3,(H,11,12)/t5-,8-,9-/m0/s1. The number of ether oxygens (including phenoxy) is 1. The Morgan fingerprint density at radius 1 is 1.57 bits per heavy atom. The molecule has 0 radical (unpaired) electrons. The number of nitrogens with two attached hydrogens (primary N) is 1. The highest BCUT2D eigenvalue weighted by Gasteiger charge is 2.75. The zero-order valence-corrected chi connectivity index (χ0v) is 8.29. The normalized spacial score (nSPS) is 45.2. The van der Waals surface area contributed by atoms with E-state index in [1.54, 1.807) is 6.92 Å². The van der Waals surface area contributed by atoms with E-state index >= 15 is 0 Å². The smallest absolute Gasteiger partial charge is 0.338 e. The number of rotatable bonds is 2. The summed E-state index contributed by atoms with van der Waals surface area (Å²) < 4.78 is 5.12. The average Bonchev–Trinajstić information content (AvgIpc) is 2.30. The Morgan fingerprint density at radius 3 is 2.57 bits per heavy atom. The van der Waals surface area contributed by atoms with Crippen LogP contribution in [0.25, 0.3) is 0 Å². The molecule has 3 atom stereocenters. The van der Waals surface area contributed by atoms with Crippen molar-refractivity contribution in [2.75, 3.05) is 6.54 Å². The number of nitrogens with one attached hydrogen (secondary N) is 1. The number of carbonyl (C=O) groups is 2. The molecule has 14 heavy (non-hydrogen) atoms. The van der Waals surface area contributed by atoms with E-state index in [2.05, 4.69) is 5.32 Å². The van der Waals surface area contributed by atoms with Crippen LogP contribution >= 0.6 is 0 Å². The molecular weight excluding hydrogens is 184 g/mol. The van der Waals surface area contributed by atoms with Crippen LogP contribution in [0.1, 0.15) is 20.3 Å². The Hall–Kier alpha value is -1.10. The quantitative estimate of drug-likeness (QED) is 0.567. The van der Waals surface area contributed by atoms with Crippen LogP contribution in [0, 0.1) is 5.92 Å². The lowest BCUT2D eigenvalue weighted by Gasteiger charge is -2.50. The molecule has 5 heteroatoms. The van der Waals surface area contributed by atoms with Gasteiger partial charge >= 0.3 is 5.97 Å². The minimum atomic E-state index is -0.968. The molecule has 0 spiro atoms. The van der Waals surface area contributed by atoms with Gasteiger partial charge in [0.05, 0.1) is 5.92 Å². The lowest BCUT2D eigenvalue weighted by Crippen LogP contribution is -2.77. The molecule has 0 aromatic carbocycles. The zero-order chi connectivity index (χ0) is 10.6. The fraction of sp³-hybridized carbons (Fsp3) is 0.778. The summed E-state index contributed by atoms with van der Waals surface area (Å²) in [5.74, 6) is -0.818. The van der Waals surface area contributed by atoms with Crippen LogP contribution in [0.3, 0.4) is 0 Å². The summed E-state index contributed by atoms with van der Waals surface area (Å²) in [4.78, 5) is 22.9. The second-order valence-electron chi connectivity index (χ2n) is 4.06. The summed E-state index contributed by atoms with van der Waals surface area (Å²) in [6.07, 6.45) is 0.650. The van der Waals surface area contributed by atoms with Crippen LogP contribution < -0.4 is 11.1 Å². The van der Waals surface area contributed by atoms with Crippen molar-refractivity contribution < 1.29 is 14.3 Å². The van der Waals surface area contributed by atoms with Gasteiger partial charge in [-0.15, -0.1) is 0 Å². The van der Waals surface area contributed by atoms with E-state index in [0.717, 1.165) is 0 Å². The molecule has 2 aliphatic rings. The predicted molar refractivity (Wildman–Crippen MR) is 48.2 cm³/mol. The van der Waals surface area contributed by atoms with Gasteiger partial charge in [-0.25, -0.2) is 4.79 Å². The van der Waals surface area contributed by atoms with Crippen molar-refractivity contribution in [3.8, 4) is 0 Å². The van der Waals surface area contributed by atoms with Gasteiger partial charge in [0.25, 0.3) is 0 Å². The molecule has 1 amide bonds. The maximum absolute atomic E-state index is 11.6. The molecule has 2 rings (SSSR count). The van der Waals surface area contributed by atoms with Gasteiger partial charge in [0, 0.05) is 6.54 Å². The minimum Gasteiger partial charge on any atom is -0.453 e. The van der Waals surface area contributed by atoms with Gasteiger partial charge in [-0.1, -0.05) is 6.92 Å². The molecule has 0 aliphatic carbocycles. The maximum Gasteiger partial charge on any atom is 0.338 e. The van der Waals surface area contributed by atoms with Gasteiger partial charge in [0.15, 0.2) is 11.1 Å². The summed E-state index contributed by atoms with van der Waals surface area (Å²) in [5, 5.41) is 2.67. The van der Waals surface area contributed by atoms with Crippen LogP contribution in [0.15, 0.2) is 0 Å². The second kappa shape index (κ2) is 2.48. The van der Waals surface area contributed by atoms with Crippen molar-refractivity contribution in [1.29, 1.82) is 0 Å². The molecule has 2 fully saturated rings. The number of fused-ring (bicyclic) bond motifs is 1. The number of hydrogen-bond acceptors (Lipinski definition) is 4. The Morgan fingerprint density at radius 2 is 2.21 bits per heavy atom. The molecule has 78 valence electrons. The summed E-state index contributed by atoms with van der Waals surface area (Å²) in [6.45, 7) is 3.77. The van der Waals surface area contributed by atoms with Crippen molar-refractivity contribution in [2.24, 2.45) is 11.7 Å². The van der Waals surface area contributed by atoms with E-state index in [9.17, 15) is 9.59 Å². The molecule has 5 nitrogen and oxygen atoms in total. The molecule has 2 heterocycles. The largest absolute Gasteiger partial charge is 0.453 e. The Kier molecular flexibility index (Phi) is 1.67. The van der Waals surface area contributed by atoms with E-state index in [1.807, 2.05) is 6.92 Å². The van der Waals surface area contributed by atoms with Crippen LogP contribution in [0.5, 0.6) is 0 Å². The van der Waals surface area contributed by atoms with Crippen molar-refractivity contribution in [3.63, 3.8) is 0 Å². The molecule has 0 unspecified atom stereocenters. The van der Waals surface area contributed by atoms with Gasteiger partial charge < -0.3 is 15.8 Å². The molecular formula is C9H14N2O3. The highest BCUT2D eigenvalue weighted by Crippen LogP contribution is 2.48. The Labute approximate surface area is 82.0 Å². The number of carbonyl (C=O) groups excluding carboxylic acids is 2. The topological polar surface area (TPSA) is 81.4 Å². The molecule has 2 saturated heterocycles. The lowest BCUT2D eigenvalue weighted by atomic mass is 9.71. The molecule has 0 bridgehead atoms. The first-order chi connectivity index (χ1) is 6.52. The van der Waals surface area contributed by atoms with Crippen molar-refractivity contribution in [2.45, 2.75) is 31.4 Å². The lowest BCUT2D eigenvalue weighted by molar-refractivity contribution is -0.217. The summed E-state index contributed by atoms with van der Waals surface area (Å²) >= 11 is 0. The van der Waals surface area contributed by atoms with E-state index in [0.29, 0.717) is 6.42 Å². The van der Waals surface area contributed by atoms with E-state index < -0.39 is 17.1 Å². The monoisotopic (exact) mass is 198 g/mol. The third-order valence-electron chi connectivity index (χ3n) is 3.53. The van der Waals surface area contributed by atoms with E-state index in [4.69, 9.17) is 10.5 Å². The zero-order valence-electron chi connectivity index (χ0n) is 8.29. The second-order valence-corrected chi connectivity index (χ2v) is 4.06. The Bertz CT molecular complexity index is 317. The van der Waals surface area contributed by atoms with Gasteiger partial charge in [-0.3, -0.25) is 4.79 Å². The number of amides is 1. The minimum absolute atomic E-state index is 0.102. The maximum atomic E-state index is 11.6. The summed E-state index contributed by atoms with van der Waals surface area (Å²) in [7, 11) is 0. The first-order valence-electron chi connectivity index (χ1n) is 4.77.